The molecule has 1 saturated heterocycles. The lowest BCUT2D eigenvalue weighted by Gasteiger charge is -2.29. The monoisotopic (exact) mass is 397 g/mol. The van der Waals surface area contributed by atoms with Crippen LogP contribution in [-0.2, 0) is 14.8 Å². The van der Waals surface area contributed by atoms with Crippen molar-refractivity contribution < 1.29 is 17.9 Å². The highest BCUT2D eigenvalue weighted by Crippen LogP contribution is 2.24. The Kier molecular flexibility index (Phi) is 6.97. The number of hydrogen-bond acceptors (Lipinski definition) is 5. The van der Waals surface area contributed by atoms with Crippen LogP contribution in [-0.4, -0.2) is 52.5 Å². The van der Waals surface area contributed by atoms with Gasteiger partial charge in [-0.3, -0.25) is 4.31 Å². The zero-order chi connectivity index (χ0) is 20.1. The van der Waals surface area contributed by atoms with Crippen molar-refractivity contribution in [3.63, 3.8) is 0 Å². The molecule has 8 heteroatoms. The van der Waals surface area contributed by atoms with E-state index in [9.17, 15) is 13.2 Å². The zero-order valence-electron chi connectivity index (χ0n) is 16.7. The summed E-state index contributed by atoms with van der Waals surface area (Å²) in [5.41, 5.74) is 1.10. The van der Waals surface area contributed by atoms with Crippen molar-refractivity contribution in [2.24, 2.45) is 0 Å². The Labute approximate surface area is 162 Å². The lowest BCUT2D eigenvalue weighted by molar-refractivity contribution is 0.0529. The van der Waals surface area contributed by atoms with Crippen molar-refractivity contribution in [1.29, 1.82) is 0 Å². The number of piperidine rings is 1. The van der Waals surface area contributed by atoms with Gasteiger partial charge in [-0.2, -0.15) is 0 Å². The van der Waals surface area contributed by atoms with Crippen LogP contribution in [0.1, 0.15) is 40.0 Å². The Bertz CT molecular complexity index is 720. The van der Waals surface area contributed by atoms with Crippen molar-refractivity contribution in [2.45, 2.75) is 45.6 Å². The van der Waals surface area contributed by atoms with Gasteiger partial charge >= 0.3 is 6.09 Å². The highest BCUT2D eigenvalue weighted by Gasteiger charge is 2.20. The van der Waals surface area contributed by atoms with Crippen molar-refractivity contribution >= 4 is 27.5 Å². The third-order valence-electron chi connectivity index (χ3n) is 4.24. The van der Waals surface area contributed by atoms with E-state index >= 15 is 0 Å². The van der Waals surface area contributed by atoms with Crippen LogP contribution in [0.2, 0.25) is 0 Å². The summed E-state index contributed by atoms with van der Waals surface area (Å²) in [5, 5.41) is 2.60. The molecule has 1 aliphatic rings. The van der Waals surface area contributed by atoms with Gasteiger partial charge in [0.05, 0.1) is 18.5 Å². The predicted molar refractivity (Wildman–Crippen MR) is 109 cm³/mol. The number of nitrogens with zero attached hydrogens (tertiary/aromatic N) is 2. The Hall–Kier alpha value is -1.96. The van der Waals surface area contributed by atoms with Crippen LogP contribution in [0, 0.1) is 0 Å². The van der Waals surface area contributed by atoms with E-state index in [1.165, 1.54) is 29.8 Å². The summed E-state index contributed by atoms with van der Waals surface area (Å²) in [6.45, 7) is 7.71. The van der Waals surface area contributed by atoms with E-state index in [0.29, 0.717) is 5.69 Å². The van der Waals surface area contributed by atoms with E-state index in [1.54, 1.807) is 20.8 Å². The van der Waals surface area contributed by atoms with E-state index in [4.69, 9.17) is 4.74 Å². The fraction of sp³-hybridized carbons (Fsp3) is 0.632. The van der Waals surface area contributed by atoms with Crippen molar-refractivity contribution in [3.05, 3.63) is 24.3 Å². The molecule has 1 amide bonds. The number of alkyl carbamates (subject to hydrolysis) is 1. The second kappa shape index (κ2) is 8.82. The molecule has 0 saturated carbocycles. The lowest BCUT2D eigenvalue weighted by Crippen LogP contribution is -2.40. The average Bonchev–Trinajstić information content (AvgIpc) is 2.57. The first kappa shape index (κ1) is 21.3. The van der Waals surface area contributed by atoms with Crippen LogP contribution >= 0.6 is 0 Å². The normalized spacial score (nSPS) is 15.3. The predicted octanol–water partition coefficient (Wildman–Crippen LogP) is 2.97. The molecule has 1 fully saturated rings. The van der Waals surface area contributed by atoms with Crippen LogP contribution in [0.3, 0.4) is 0 Å². The number of rotatable bonds is 6. The minimum absolute atomic E-state index is 0.140. The number of anilines is 2. The van der Waals surface area contributed by atoms with E-state index < -0.39 is 21.7 Å². The molecule has 2 rings (SSSR count). The van der Waals surface area contributed by atoms with Gasteiger partial charge in [0.1, 0.15) is 5.60 Å². The average molecular weight is 398 g/mol. The summed E-state index contributed by atoms with van der Waals surface area (Å²) in [5.74, 6) is 0. The van der Waals surface area contributed by atoms with Crippen LogP contribution in [0.25, 0.3) is 0 Å². The lowest BCUT2D eigenvalue weighted by atomic mass is 10.1. The molecule has 27 heavy (non-hydrogen) atoms. The van der Waals surface area contributed by atoms with E-state index in [1.807, 2.05) is 24.3 Å². The van der Waals surface area contributed by atoms with Gasteiger partial charge in [0, 0.05) is 25.3 Å². The number of sulfonamides is 1. The van der Waals surface area contributed by atoms with Crippen LogP contribution in [0.15, 0.2) is 24.3 Å². The summed E-state index contributed by atoms with van der Waals surface area (Å²) in [4.78, 5) is 14.1. The third kappa shape index (κ3) is 6.93. The largest absolute Gasteiger partial charge is 0.444 e. The highest BCUT2D eigenvalue weighted by atomic mass is 32.2. The quantitative estimate of drug-likeness (QED) is 0.798. The van der Waals surface area contributed by atoms with Gasteiger partial charge in [-0.05, 0) is 64.3 Å². The maximum absolute atomic E-state index is 12.2. The van der Waals surface area contributed by atoms with Crippen LogP contribution in [0.5, 0.6) is 0 Å². The Morgan fingerprint density at radius 1 is 1.15 bits per heavy atom. The van der Waals surface area contributed by atoms with Gasteiger partial charge in [-0.25, -0.2) is 13.2 Å². The van der Waals surface area contributed by atoms with Gasteiger partial charge in [0.25, 0.3) is 0 Å². The summed E-state index contributed by atoms with van der Waals surface area (Å²) in [7, 11) is -3.46. The number of carbonyl (C=O) groups excluding carboxylic acids is 1. The maximum atomic E-state index is 12.2. The first-order chi connectivity index (χ1) is 12.6. The van der Waals surface area contributed by atoms with Crippen molar-refractivity contribution in [2.75, 3.05) is 41.6 Å². The Morgan fingerprint density at radius 2 is 1.74 bits per heavy atom. The number of ether oxygens (including phenoxy) is 1. The molecule has 1 aromatic carbocycles. The van der Waals surface area contributed by atoms with E-state index in [-0.39, 0.29) is 13.1 Å². The molecule has 1 aromatic rings. The molecule has 0 unspecified atom stereocenters. The second-order valence-electron chi connectivity index (χ2n) is 7.83. The van der Waals surface area contributed by atoms with Gasteiger partial charge < -0.3 is 15.0 Å². The van der Waals surface area contributed by atoms with Crippen LogP contribution in [0.4, 0.5) is 16.2 Å². The first-order valence-corrected chi connectivity index (χ1v) is 11.2. The smallest absolute Gasteiger partial charge is 0.407 e. The Morgan fingerprint density at radius 3 is 2.26 bits per heavy atom. The van der Waals surface area contributed by atoms with Gasteiger partial charge in [0.2, 0.25) is 10.0 Å². The van der Waals surface area contributed by atoms with E-state index in [0.717, 1.165) is 18.8 Å². The molecule has 0 aromatic heterocycles. The fourth-order valence-corrected chi connectivity index (χ4v) is 3.97. The number of benzene rings is 1. The highest BCUT2D eigenvalue weighted by molar-refractivity contribution is 7.92. The summed E-state index contributed by atoms with van der Waals surface area (Å²) in [6, 6.07) is 7.55. The topological polar surface area (TPSA) is 79.0 Å². The van der Waals surface area contributed by atoms with Gasteiger partial charge in [-0.1, -0.05) is 0 Å². The molecule has 1 N–H and O–H groups in total. The molecule has 152 valence electrons. The second-order valence-corrected chi connectivity index (χ2v) is 9.73. The molecule has 0 radical (unpaired) electrons. The summed E-state index contributed by atoms with van der Waals surface area (Å²) in [6.07, 6.45) is 4.25. The summed E-state index contributed by atoms with van der Waals surface area (Å²) >= 11 is 0. The summed E-state index contributed by atoms with van der Waals surface area (Å²) < 4.78 is 30.9. The standard InChI is InChI=1S/C19H31N3O4S/c1-19(2,3)26-18(23)20-12-15-22(27(4,24)25)17-10-8-16(9-11-17)21-13-6-5-7-14-21/h8-11H,5-7,12-15H2,1-4H3,(H,20,23). The molecular weight excluding hydrogens is 366 g/mol. The fourth-order valence-electron chi connectivity index (χ4n) is 3.04. The number of nitrogens with one attached hydrogen (secondary N) is 1. The molecule has 1 aliphatic heterocycles. The Balaban J connectivity index is 2.00. The molecule has 0 bridgehead atoms. The molecule has 0 spiro atoms. The molecule has 7 nitrogen and oxygen atoms in total. The molecular formula is C19H31N3O4S. The minimum Gasteiger partial charge on any atom is -0.444 e. The minimum atomic E-state index is -3.46. The number of amides is 1. The number of hydrogen-bond donors (Lipinski definition) is 1. The molecule has 1 heterocycles. The molecule has 0 atom stereocenters. The molecule has 0 aliphatic carbocycles. The third-order valence-corrected chi connectivity index (χ3v) is 5.44. The SMILES string of the molecule is CC(C)(C)OC(=O)NCCN(c1ccc(N2CCCCC2)cc1)S(C)(=O)=O. The zero-order valence-corrected chi connectivity index (χ0v) is 17.5. The van der Waals surface area contributed by atoms with E-state index in [2.05, 4.69) is 10.2 Å². The first-order valence-electron chi connectivity index (χ1n) is 9.36. The van der Waals surface area contributed by atoms with Crippen molar-refractivity contribution in [1.82, 2.24) is 5.32 Å². The van der Waals surface area contributed by atoms with Gasteiger partial charge in [-0.15, -0.1) is 0 Å². The van der Waals surface area contributed by atoms with Crippen molar-refractivity contribution in [3.8, 4) is 0 Å². The van der Waals surface area contributed by atoms with Gasteiger partial charge in [0.15, 0.2) is 0 Å². The van der Waals surface area contributed by atoms with Crippen LogP contribution < -0.4 is 14.5 Å². The maximum Gasteiger partial charge on any atom is 0.407 e. The number of carbonyl (C=O) groups is 1.